The van der Waals surface area contributed by atoms with Gasteiger partial charge in [0.1, 0.15) is 5.82 Å². The third-order valence-electron chi connectivity index (χ3n) is 3.30. The monoisotopic (exact) mass is 349 g/mol. The first kappa shape index (κ1) is 19.9. The molecule has 2 amide bonds. The van der Waals surface area contributed by atoms with E-state index in [1.54, 1.807) is 13.8 Å². The maximum absolute atomic E-state index is 13.0. The molecule has 134 valence electrons. The van der Waals surface area contributed by atoms with E-state index < -0.39 is 48.5 Å². The molecule has 0 bridgehead atoms. The summed E-state index contributed by atoms with van der Waals surface area (Å²) in [7, 11) is 0. The van der Waals surface area contributed by atoms with Crippen LogP contribution in [0.5, 0.6) is 0 Å². The van der Waals surface area contributed by atoms with Gasteiger partial charge in [0.2, 0.25) is 11.8 Å². The molecular weight excluding hydrogens is 330 g/mol. The molecule has 0 heterocycles. The number of rotatable bonds is 6. The van der Waals surface area contributed by atoms with Crippen LogP contribution in [0.15, 0.2) is 18.2 Å². The van der Waals surface area contributed by atoms with E-state index in [1.165, 1.54) is 0 Å². The average molecular weight is 349 g/mol. The smallest absolute Gasteiger partial charge is 0.350 e. The number of nitrogens with two attached hydrogens (primary N) is 1. The Hall–Kier alpha value is -2.16. The molecule has 1 rings (SSSR count). The van der Waals surface area contributed by atoms with Gasteiger partial charge in [-0.1, -0.05) is 19.9 Å². The first-order valence-corrected chi connectivity index (χ1v) is 7.18. The van der Waals surface area contributed by atoms with Gasteiger partial charge in [-0.15, -0.1) is 0 Å². The molecule has 0 aromatic heterocycles. The van der Waals surface area contributed by atoms with Crippen LogP contribution < -0.4 is 16.4 Å². The minimum Gasteiger partial charge on any atom is -0.350 e. The second-order valence-electron chi connectivity index (χ2n) is 5.56. The molecule has 9 heteroatoms. The zero-order valence-electron chi connectivity index (χ0n) is 13.2. The van der Waals surface area contributed by atoms with Gasteiger partial charge in [0.05, 0.1) is 18.2 Å². The largest absolute Gasteiger partial charge is 0.416 e. The summed E-state index contributed by atoms with van der Waals surface area (Å²) in [5.74, 6) is -2.36. The number of halogens is 4. The number of carbonyl (C=O) groups excluding carboxylic acids is 2. The summed E-state index contributed by atoms with van der Waals surface area (Å²) in [5, 5.41) is 4.53. The molecule has 0 radical (unpaired) electrons. The summed E-state index contributed by atoms with van der Waals surface area (Å²) in [6.07, 6.45) is -4.74. The Morgan fingerprint density at radius 3 is 2.38 bits per heavy atom. The third kappa shape index (κ3) is 5.80. The zero-order chi connectivity index (χ0) is 18.5. The van der Waals surface area contributed by atoms with Crippen LogP contribution in [0, 0.1) is 11.7 Å². The molecule has 1 aromatic rings. The van der Waals surface area contributed by atoms with Crippen molar-refractivity contribution in [3.8, 4) is 0 Å². The molecule has 1 atom stereocenters. The van der Waals surface area contributed by atoms with Gasteiger partial charge in [-0.3, -0.25) is 9.59 Å². The lowest BCUT2D eigenvalue weighted by Gasteiger charge is -2.16. The van der Waals surface area contributed by atoms with Gasteiger partial charge < -0.3 is 16.4 Å². The van der Waals surface area contributed by atoms with Gasteiger partial charge in [0.25, 0.3) is 0 Å². The lowest BCUT2D eigenvalue weighted by molar-refractivity contribution is -0.138. The number of alkyl halides is 3. The van der Waals surface area contributed by atoms with Crippen molar-refractivity contribution in [2.24, 2.45) is 11.7 Å². The van der Waals surface area contributed by atoms with Crippen LogP contribution in [0.25, 0.3) is 0 Å². The lowest BCUT2D eigenvalue weighted by atomic mass is 10.1. The SMILES string of the molecule is CC(C)[C@H](N)C(=O)NCC(=O)NCc1ccc(F)cc1C(F)(F)F. The van der Waals surface area contributed by atoms with Crippen LogP contribution in [-0.2, 0) is 22.3 Å². The van der Waals surface area contributed by atoms with Gasteiger partial charge in [-0.2, -0.15) is 13.2 Å². The normalized spacial score (nSPS) is 12.8. The summed E-state index contributed by atoms with van der Waals surface area (Å²) in [4.78, 5) is 23.2. The highest BCUT2D eigenvalue weighted by Crippen LogP contribution is 2.32. The molecule has 5 nitrogen and oxygen atoms in total. The Kier molecular flexibility index (Phi) is 6.70. The van der Waals surface area contributed by atoms with E-state index in [2.05, 4.69) is 10.6 Å². The highest BCUT2D eigenvalue weighted by Gasteiger charge is 2.33. The summed E-state index contributed by atoms with van der Waals surface area (Å²) in [6, 6.07) is 1.41. The van der Waals surface area contributed by atoms with Crippen LogP contribution >= 0.6 is 0 Å². The highest BCUT2D eigenvalue weighted by atomic mass is 19.4. The quantitative estimate of drug-likeness (QED) is 0.682. The van der Waals surface area contributed by atoms with E-state index in [9.17, 15) is 27.2 Å². The molecular formula is C15H19F4N3O2. The fourth-order valence-corrected chi connectivity index (χ4v) is 1.81. The molecule has 0 aliphatic carbocycles. The second kappa shape index (κ2) is 8.09. The van der Waals surface area contributed by atoms with Crippen molar-refractivity contribution in [3.63, 3.8) is 0 Å². The predicted octanol–water partition coefficient (Wildman–Crippen LogP) is 1.56. The predicted molar refractivity (Wildman–Crippen MR) is 79.1 cm³/mol. The van der Waals surface area contributed by atoms with Crippen molar-refractivity contribution in [1.29, 1.82) is 0 Å². The summed E-state index contributed by atoms with van der Waals surface area (Å²) in [6.45, 7) is 2.61. The van der Waals surface area contributed by atoms with Crippen molar-refractivity contribution in [2.45, 2.75) is 32.6 Å². The van der Waals surface area contributed by atoms with Crippen molar-refractivity contribution < 1.29 is 27.2 Å². The van der Waals surface area contributed by atoms with Crippen molar-refractivity contribution in [1.82, 2.24) is 10.6 Å². The third-order valence-corrected chi connectivity index (χ3v) is 3.30. The molecule has 24 heavy (non-hydrogen) atoms. The Bertz CT molecular complexity index is 603. The van der Waals surface area contributed by atoms with Gasteiger partial charge >= 0.3 is 6.18 Å². The van der Waals surface area contributed by atoms with E-state index in [0.29, 0.717) is 6.07 Å². The number of carbonyl (C=O) groups is 2. The van der Waals surface area contributed by atoms with Crippen molar-refractivity contribution in [2.75, 3.05) is 6.54 Å². The minimum atomic E-state index is -4.74. The van der Waals surface area contributed by atoms with Crippen LogP contribution in [-0.4, -0.2) is 24.4 Å². The molecule has 0 unspecified atom stereocenters. The summed E-state index contributed by atoms with van der Waals surface area (Å²) < 4.78 is 51.4. The number of hydrogen-bond donors (Lipinski definition) is 3. The first-order chi connectivity index (χ1) is 11.0. The van der Waals surface area contributed by atoms with Crippen LogP contribution in [0.2, 0.25) is 0 Å². The molecule has 0 fully saturated rings. The zero-order valence-corrected chi connectivity index (χ0v) is 13.2. The maximum atomic E-state index is 13.0. The summed E-state index contributed by atoms with van der Waals surface area (Å²) in [5.41, 5.74) is 4.15. The highest BCUT2D eigenvalue weighted by molar-refractivity contribution is 5.87. The second-order valence-corrected chi connectivity index (χ2v) is 5.56. The van der Waals surface area contributed by atoms with Crippen LogP contribution in [0.1, 0.15) is 25.0 Å². The Morgan fingerprint density at radius 1 is 1.21 bits per heavy atom. The minimum absolute atomic E-state index is 0.123. The van der Waals surface area contributed by atoms with E-state index in [4.69, 9.17) is 5.73 Å². The molecule has 1 aromatic carbocycles. The maximum Gasteiger partial charge on any atom is 0.416 e. The van der Waals surface area contributed by atoms with Crippen molar-refractivity contribution in [3.05, 3.63) is 35.1 Å². The molecule has 0 aliphatic heterocycles. The standard InChI is InChI=1S/C15H19F4N3O2/c1-8(2)13(20)14(24)22-7-12(23)21-6-9-3-4-10(16)5-11(9)15(17,18)19/h3-5,8,13H,6-7,20H2,1-2H3,(H,21,23)(H,22,24)/t13-/m0/s1. The first-order valence-electron chi connectivity index (χ1n) is 7.18. The van der Waals surface area contributed by atoms with Gasteiger partial charge in [0.15, 0.2) is 0 Å². The molecule has 0 aliphatic rings. The Morgan fingerprint density at radius 2 is 1.83 bits per heavy atom. The van der Waals surface area contributed by atoms with Crippen LogP contribution in [0.3, 0.4) is 0 Å². The number of amides is 2. The van der Waals surface area contributed by atoms with E-state index in [1.807, 2.05) is 0 Å². The molecule has 0 spiro atoms. The van der Waals surface area contributed by atoms with E-state index in [0.717, 1.165) is 12.1 Å². The molecule has 4 N–H and O–H groups in total. The topological polar surface area (TPSA) is 84.2 Å². The Labute approximate surface area is 136 Å². The van der Waals surface area contributed by atoms with Gasteiger partial charge in [-0.05, 0) is 23.6 Å². The summed E-state index contributed by atoms with van der Waals surface area (Å²) >= 11 is 0. The number of nitrogens with one attached hydrogen (secondary N) is 2. The fourth-order valence-electron chi connectivity index (χ4n) is 1.81. The Balaban J connectivity index is 2.61. The van der Waals surface area contributed by atoms with Crippen molar-refractivity contribution >= 4 is 11.8 Å². The molecule has 0 saturated carbocycles. The lowest BCUT2D eigenvalue weighted by Crippen LogP contribution is -2.47. The van der Waals surface area contributed by atoms with E-state index in [-0.39, 0.29) is 11.5 Å². The molecule has 0 saturated heterocycles. The van der Waals surface area contributed by atoms with E-state index >= 15 is 0 Å². The number of benzene rings is 1. The van der Waals surface area contributed by atoms with Gasteiger partial charge in [0, 0.05) is 6.54 Å². The van der Waals surface area contributed by atoms with Crippen LogP contribution in [0.4, 0.5) is 17.6 Å². The average Bonchev–Trinajstić information content (AvgIpc) is 2.49. The fraction of sp³-hybridized carbons (Fsp3) is 0.467. The number of hydrogen-bond acceptors (Lipinski definition) is 3. The van der Waals surface area contributed by atoms with Gasteiger partial charge in [-0.25, -0.2) is 4.39 Å².